The van der Waals surface area contributed by atoms with E-state index in [1.54, 1.807) is 17.8 Å². The standard InChI is InChI=1S/C15H19N2O6PS/c1-25-5-4-12(16)15(19)17-10-2-3-11-9(8-24(20,21)22)6-14(18)23-13(11)7-10/h2-3,6-7,12H,4-5,8,16H2,1H3,(H,17,19)(H2,20,21,22)/t12-/m0/s1. The average molecular weight is 386 g/mol. The molecule has 1 amide bonds. The fourth-order valence-corrected chi connectivity index (χ4v) is 3.47. The number of hydrogen-bond acceptors (Lipinski definition) is 6. The number of nitrogens with one attached hydrogen (secondary N) is 1. The summed E-state index contributed by atoms with van der Waals surface area (Å²) < 4.78 is 16.3. The Labute approximate surface area is 147 Å². The summed E-state index contributed by atoms with van der Waals surface area (Å²) in [7, 11) is -4.34. The summed E-state index contributed by atoms with van der Waals surface area (Å²) in [5, 5.41) is 3.04. The fourth-order valence-electron chi connectivity index (χ4n) is 2.27. The van der Waals surface area contributed by atoms with Crippen LogP contribution in [0, 0.1) is 0 Å². The van der Waals surface area contributed by atoms with E-state index in [1.165, 1.54) is 12.1 Å². The van der Waals surface area contributed by atoms with Gasteiger partial charge in [0.25, 0.3) is 0 Å². The van der Waals surface area contributed by atoms with Gasteiger partial charge >= 0.3 is 13.2 Å². The van der Waals surface area contributed by atoms with Crippen LogP contribution in [0.1, 0.15) is 12.0 Å². The van der Waals surface area contributed by atoms with Crippen molar-refractivity contribution in [1.29, 1.82) is 0 Å². The summed E-state index contributed by atoms with van der Waals surface area (Å²) >= 11 is 1.59. The van der Waals surface area contributed by atoms with Crippen LogP contribution in [-0.4, -0.2) is 33.7 Å². The van der Waals surface area contributed by atoms with Crippen molar-refractivity contribution in [2.45, 2.75) is 18.6 Å². The number of benzene rings is 1. The number of thioether (sulfide) groups is 1. The number of fused-ring (bicyclic) bond motifs is 1. The molecule has 8 nitrogen and oxygen atoms in total. The number of nitrogens with two attached hydrogens (primary N) is 1. The SMILES string of the molecule is CSCC[C@H](N)C(=O)Nc1ccc2c(CP(=O)(O)O)cc(=O)oc2c1. The predicted octanol–water partition coefficient (Wildman–Crippen LogP) is 1.49. The highest BCUT2D eigenvalue weighted by molar-refractivity contribution is 7.98. The van der Waals surface area contributed by atoms with E-state index < -0.39 is 25.4 Å². The molecule has 2 aromatic rings. The van der Waals surface area contributed by atoms with E-state index in [1.807, 2.05) is 6.26 Å². The minimum absolute atomic E-state index is 0.131. The molecule has 0 fully saturated rings. The third kappa shape index (κ3) is 5.69. The van der Waals surface area contributed by atoms with Crippen molar-refractivity contribution in [3.63, 3.8) is 0 Å². The molecule has 0 saturated heterocycles. The Kier molecular flexibility index (Phi) is 6.42. The maximum atomic E-state index is 12.0. The third-order valence-corrected chi connectivity index (χ3v) is 4.84. The van der Waals surface area contributed by atoms with Gasteiger partial charge in [-0.15, -0.1) is 0 Å². The van der Waals surface area contributed by atoms with Gasteiger partial charge in [0.15, 0.2) is 0 Å². The van der Waals surface area contributed by atoms with Crippen LogP contribution < -0.4 is 16.7 Å². The number of carbonyl (C=O) groups excluding carboxylic acids is 1. The second-order valence-electron chi connectivity index (χ2n) is 5.50. The van der Waals surface area contributed by atoms with E-state index in [4.69, 9.17) is 19.9 Å². The molecule has 0 aliphatic carbocycles. The molecule has 0 aliphatic rings. The van der Waals surface area contributed by atoms with Crippen molar-refractivity contribution in [3.8, 4) is 0 Å². The Morgan fingerprint density at radius 1 is 1.40 bits per heavy atom. The monoisotopic (exact) mass is 386 g/mol. The summed E-state index contributed by atoms with van der Waals surface area (Å²) in [6.45, 7) is 0. The Hall–Kier alpha value is -1.64. The maximum Gasteiger partial charge on any atom is 0.336 e. The van der Waals surface area contributed by atoms with Gasteiger partial charge in [0.05, 0.1) is 12.2 Å². The van der Waals surface area contributed by atoms with Gasteiger partial charge in [0.1, 0.15) is 5.58 Å². The first-order valence-corrected chi connectivity index (χ1v) is 10.6. The van der Waals surface area contributed by atoms with E-state index in [0.717, 1.165) is 11.8 Å². The highest BCUT2D eigenvalue weighted by Gasteiger charge is 2.18. The van der Waals surface area contributed by atoms with Crippen LogP contribution >= 0.6 is 19.4 Å². The van der Waals surface area contributed by atoms with Crippen LogP contribution in [0.4, 0.5) is 5.69 Å². The molecule has 2 rings (SSSR count). The molecule has 1 heterocycles. The number of amides is 1. The fraction of sp³-hybridized carbons (Fsp3) is 0.333. The number of carbonyl (C=O) groups is 1. The van der Waals surface area contributed by atoms with E-state index in [-0.39, 0.29) is 17.1 Å². The van der Waals surface area contributed by atoms with Crippen molar-refractivity contribution in [2.24, 2.45) is 5.73 Å². The van der Waals surface area contributed by atoms with Crippen molar-refractivity contribution in [3.05, 3.63) is 40.2 Å². The first-order valence-electron chi connectivity index (χ1n) is 7.36. The van der Waals surface area contributed by atoms with E-state index in [2.05, 4.69) is 5.32 Å². The lowest BCUT2D eigenvalue weighted by Crippen LogP contribution is -2.36. The molecule has 1 atom stereocenters. The van der Waals surface area contributed by atoms with Gasteiger partial charge in [-0.2, -0.15) is 11.8 Å². The van der Waals surface area contributed by atoms with E-state index in [9.17, 15) is 14.2 Å². The third-order valence-electron chi connectivity index (χ3n) is 3.44. The molecule has 0 unspecified atom stereocenters. The maximum absolute atomic E-state index is 12.0. The molecule has 25 heavy (non-hydrogen) atoms. The molecule has 1 aromatic carbocycles. The minimum Gasteiger partial charge on any atom is -0.423 e. The van der Waals surface area contributed by atoms with Gasteiger partial charge in [-0.1, -0.05) is 0 Å². The van der Waals surface area contributed by atoms with Gasteiger partial charge in [-0.3, -0.25) is 9.36 Å². The molecule has 0 radical (unpaired) electrons. The molecule has 0 aliphatic heterocycles. The van der Waals surface area contributed by atoms with Gasteiger partial charge in [-0.05, 0) is 36.1 Å². The van der Waals surface area contributed by atoms with Crippen LogP contribution in [-0.2, 0) is 15.5 Å². The van der Waals surface area contributed by atoms with Crippen LogP contribution in [0.15, 0.2) is 33.5 Å². The lowest BCUT2D eigenvalue weighted by molar-refractivity contribution is -0.117. The van der Waals surface area contributed by atoms with E-state index >= 15 is 0 Å². The van der Waals surface area contributed by atoms with Crippen LogP contribution in [0.5, 0.6) is 0 Å². The van der Waals surface area contributed by atoms with Gasteiger partial charge < -0.3 is 25.3 Å². The first-order chi connectivity index (χ1) is 11.7. The summed E-state index contributed by atoms with van der Waals surface area (Å²) in [4.78, 5) is 41.9. The van der Waals surface area contributed by atoms with E-state index in [0.29, 0.717) is 17.5 Å². The van der Waals surface area contributed by atoms with Crippen LogP contribution in [0.25, 0.3) is 11.0 Å². The predicted molar refractivity (Wildman–Crippen MR) is 97.8 cm³/mol. The molecule has 0 spiro atoms. The largest absolute Gasteiger partial charge is 0.423 e. The molecule has 0 saturated carbocycles. The zero-order valence-electron chi connectivity index (χ0n) is 13.5. The highest BCUT2D eigenvalue weighted by atomic mass is 32.2. The molecule has 136 valence electrons. The number of hydrogen-bond donors (Lipinski definition) is 4. The molecular weight excluding hydrogens is 367 g/mol. The summed E-state index contributed by atoms with van der Waals surface area (Å²) in [5.74, 6) is 0.398. The zero-order chi connectivity index (χ0) is 18.6. The van der Waals surface area contributed by atoms with Crippen molar-refractivity contribution >= 4 is 41.9 Å². The average Bonchev–Trinajstić information content (AvgIpc) is 2.50. The molecule has 10 heteroatoms. The Morgan fingerprint density at radius 2 is 2.12 bits per heavy atom. The highest BCUT2D eigenvalue weighted by Crippen LogP contribution is 2.40. The van der Waals surface area contributed by atoms with Crippen molar-refractivity contribution in [2.75, 3.05) is 17.3 Å². The molecule has 0 bridgehead atoms. The summed E-state index contributed by atoms with van der Waals surface area (Å²) in [6.07, 6.45) is 1.88. The second-order valence-corrected chi connectivity index (χ2v) is 8.13. The lowest BCUT2D eigenvalue weighted by Gasteiger charge is -2.12. The number of rotatable bonds is 7. The van der Waals surface area contributed by atoms with Crippen LogP contribution in [0.2, 0.25) is 0 Å². The minimum atomic E-state index is -4.34. The summed E-state index contributed by atoms with van der Waals surface area (Å²) in [5.41, 5.74) is 5.77. The molecule has 5 N–H and O–H groups in total. The Bertz CT molecular complexity index is 878. The second kappa shape index (κ2) is 8.16. The quantitative estimate of drug-likeness (QED) is 0.414. The lowest BCUT2D eigenvalue weighted by atomic mass is 10.1. The number of anilines is 1. The normalized spacial score (nSPS) is 13.0. The van der Waals surface area contributed by atoms with Gasteiger partial charge in [0.2, 0.25) is 5.91 Å². The smallest absolute Gasteiger partial charge is 0.336 e. The van der Waals surface area contributed by atoms with Crippen molar-refractivity contribution in [1.82, 2.24) is 0 Å². The zero-order valence-corrected chi connectivity index (χ0v) is 15.2. The Balaban J connectivity index is 2.29. The summed E-state index contributed by atoms with van der Waals surface area (Å²) in [6, 6.07) is 4.92. The molecule has 1 aromatic heterocycles. The molecular formula is C15H19N2O6PS. The van der Waals surface area contributed by atoms with Gasteiger partial charge in [0, 0.05) is 23.2 Å². The van der Waals surface area contributed by atoms with Crippen molar-refractivity contribution < 1.29 is 23.6 Å². The van der Waals surface area contributed by atoms with Gasteiger partial charge in [-0.25, -0.2) is 4.79 Å². The Morgan fingerprint density at radius 3 is 2.76 bits per heavy atom. The topological polar surface area (TPSA) is 143 Å². The van der Waals surface area contributed by atoms with Crippen LogP contribution in [0.3, 0.4) is 0 Å². The first kappa shape index (κ1) is 19.7.